The fourth-order valence-electron chi connectivity index (χ4n) is 2.47. The molecular weight excluding hydrogens is 338 g/mol. The van der Waals surface area contributed by atoms with E-state index in [-0.39, 0.29) is 18.0 Å². The zero-order valence-electron chi connectivity index (χ0n) is 14.9. The molecule has 0 saturated carbocycles. The van der Waals surface area contributed by atoms with Gasteiger partial charge < -0.3 is 4.74 Å². The van der Waals surface area contributed by atoms with E-state index in [9.17, 15) is 13.2 Å². The molecule has 0 aliphatic heterocycles. The molecule has 0 atom stereocenters. The minimum absolute atomic E-state index is 0.142. The van der Waals surface area contributed by atoms with Gasteiger partial charge in [-0.3, -0.25) is 9.10 Å². The SMILES string of the molecule is CCOC(=O)CN(c1cccc(C)c1C)S(=O)(=O)c1ccc(C)cc1. The summed E-state index contributed by atoms with van der Waals surface area (Å²) in [6.07, 6.45) is 0. The van der Waals surface area contributed by atoms with Crippen molar-refractivity contribution in [2.75, 3.05) is 17.5 Å². The second-order valence-electron chi connectivity index (χ2n) is 5.85. The van der Waals surface area contributed by atoms with Gasteiger partial charge in [0, 0.05) is 0 Å². The summed E-state index contributed by atoms with van der Waals surface area (Å²) in [4.78, 5) is 12.2. The van der Waals surface area contributed by atoms with Crippen LogP contribution in [0.4, 0.5) is 5.69 Å². The Morgan fingerprint density at radius 3 is 2.28 bits per heavy atom. The first-order valence-electron chi connectivity index (χ1n) is 8.08. The van der Waals surface area contributed by atoms with E-state index in [2.05, 4.69) is 0 Å². The maximum atomic E-state index is 13.2. The Kier molecular flexibility index (Phi) is 5.85. The van der Waals surface area contributed by atoms with Crippen LogP contribution in [0, 0.1) is 20.8 Å². The van der Waals surface area contributed by atoms with Crippen molar-refractivity contribution in [3.8, 4) is 0 Å². The highest BCUT2D eigenvalue weighted by atomic mass is 32.2. The van der Waals surface area contributed by atoms with Crippen LogP contribution in [-0.2, 0) is 19.6 Å². The maximum Gasteiger partial charge on any atom is 0.326 e. The third kappa shape index (κ3) is 4.20. The lowest BCUT2D eigenvalue weighted by atomic mass is 10.1. The summed E-state index contributed by atoms with van der Waals surface area (Å²) in [5, 5.41) is 0. The number of ether oxygens (including phenoxy) is 1. The van der Waals surface area contributed by atoms with Crippen molar-refractivity contribution in [1.29, 1.82) is 0 Å². The standard InChI is InChI=1S/C19H23NO4S/c1-5-24-19(21)13-20(18-8-6-7-15(3)16(18)4)25(22,23)17-11-9-14(2)10-12-17/h6-12H,5,13H2,1-4H3. The molecule has 0 aliphatic carbocycles. The van der Waals surface area contributed by atoms with Gasteiger partial charge in [-0.2, -0.15) is 0 Å². The summed E-state index contributed by atoms with van der Waals surface area (Å²) in [5.74, 6) is -0.584. The second-order valence-corrected chi connectivity index (χ2v) is 7.71. The number of carbonyl (C=O) groups excluding carboxylic acids is 1. The van der Waals surface area contributed by atoms with E-state index in [0.29, 0.717) is 5.69 Å². The number of esters is 1. The first-order valence-corrected chi connectivity index (χ1v) is 9.52. The van der Waals surface area contributed by atoms with Crippen molar-refractivity contribution in [3.05, 3.63) is 59.2 Å². The summed E-state index contributed by atoms with van der Waals surface area (Å²) < 4.78 is 32.4. The molecule has 0 N–H and O–H groups in total. The Hall–Kier alpha value is -2.34. The number of anilines is 1. The predicted molar refractivity (Wildman–Crippen MR) is 98.3 cm³/mol. The third-order valence-electron chi connectivity index (χ3n) is 4.03. The van der Waals surface area contributed by atoms with Crippen LogP contribution in [0.25, 0.3) is 0 Å². The molecule has 2 aromatic rings. The van der Waals surface area contributed by atoms with Gasteiger partial charge in [0.25, 0.3) is 10.0 Å². The van der Waals surface area contributed by atoms with E-state index in [4.69, 9.17) is 4.74 Å². The highest BCUT2D eigenvalue weighted by molar-refractivity contribution is 7.92. The van der Waals surface area contributed by atoms with Gasteiger partial charge in [-0.05, 0) is 57.0 Å². The van der Waals surface area contributed by atoms with Crippen LogP contribution in [-0.4, -0.2) is 27.5 Å². The molecule has 134 valence electrons. The number of carbonyl (C=O) groups is 1. The highest BCUT2D eigenvalue weighted by Gasteiger charge is 2.29. The average molecular weight is 361 g/mol. The van der Waals surface area contributed by atoms with Gasteiger partial charge in [0.05, 0.1) is 17.2 Å². The highest BCUT2D eigenvalue weighted by Crippen LogP contribution is 2.28. The van der Waals surface area contributed by atoms with Gasteiger partial charge in [0.15, 0.2) is 0 Å². The first kappa shape index (κ1) is 19.0. The zero-order chi connectivity index (χ0) is 18.6. The Morgan fingerprint density at radius 1 is 1.04 bits per heavy atom. The van der Waals surface area contributed by atoms with Crippen molar-refractivity contribution in [1.82, 2.24) is 0 Å². The van der Waals surface area contributed by atoms with E-state index < -0.39 is 16.0 Å². The number of hydrogen-bond donors (Lipinski definition) is 0. The smallest absolute Gasteiger partial charge is 0.326 e. The largest absolute Gasteiger partial charge is 0.465 e. The summed E-state index contributed by atoms with van der Waals surface area (Å²) in [7, 11) is -3.89. The summed E-state index contributed by atoms with van der Waals surface area (Å²) in [5.41, 5.74) is 3.20. The second kappa shape index (κ2) is 7.70. The number of aryl methyl sites for hydroxylation is 2. The lowest BCUT2D eigenvalue weighted by Gasteiger charge is -2.26. The molecule has 0 fully saturated rings. The molecule has 0 aliphatic rings. The van der Waals surface area contributed by atoms with E-state index in [1.807, 2.05) is 26.8 Å². The lowest BCUT2D eigenvalue weighted by molar-refractivity contribution is -0.141. The van der Waals surface area contributed by atoms with Crippen LogP contribution < -0.4 is 4.31 Å². The number of sulfonamides is 1. The molecule has 25 heavy (non-hydrogen) atoms. The summed E-state index contributed by atoms with van der Waals surface area (Å²) in [6, 6.07) is 12.0. The fraction of sp³-hybridized carbons (Fsp3) is 0.316. The average Bonchev–Trinajstić information content (AvgIpc) is 2.56. The van der Waals surface area contributed by atoms with Crippen molar-refractivity contribution in [2.45, 2.75) is 32.6 Å². The predicted octanol–water partition coefficient (Wildman–Crippen LogP) is 3.37. The maximum absolute atomic E-state index is 13.2. The monoisotopic (exact) mass is 361 g/mol. The van der Waals surface area contributed by atoms with Crippen LogP contribution >= 0.6 is 0 Å². The molecule has 6 heteroatoms. The minimum Gasteiger partial charge on any atom is -0.465 e. The molecule has 0 saturated heterocycles. The van der Waals surface area contributed by atoms with Crippen molar-refractivity contribution >= 4 is 21.7 Å². The van der Waals surface area contributed by atoms with E-state index in [1.165, 1.54) is 0 Å². The summed E-state index contributed by atoms with van der Waals surface area (Å²) in [6.45, 7) is 7.15. The van der Waals surface area contributed by atoms with E-state index >= 15 is 0 Å². The normalized spacial score (nSPS) is 11.2. The van der Waals surface area contributed by atoms with Crippen LogP contribution in [0.15, 0.2) is 47.4 Å². The fourth-order valence-corrected chi connectivity index (χ4v) is 3.93. The van der Waals surface area contributed by atoms with E-state index in [1.54, 1.807) is 43.3 Å². The Labute approximate surface area is 149 Å². The molecule has 0 amide bonds. The Balaban J connectivity index is 2.56. The lowest BCUT2D eigenvalue weighted by Crippen LogP contribution is -2.37. The molecule has 0 radical (unpaired) electrons. The van der Waals surface area contributed by atoms with Gasteiger partial charge in [0.2, 0.25) is 0 Å². The van der Waals surface area contributed by atoms with Gasteiger partial charge in [-0.25, -0.2) is 8.42 Å². The van der Waals surface area contributed by atoms with Gasteiger partial charge >= 0.3 is 5.97 Å². The quantitative estimate of drug-likeness (QED) is 0.740. The summed E-state index contributed by atoms with van der Waals surface area (Å²) >= 11 is 0. The van der Waals surface area contributed by atoms with Crippen molar-refractivity contribution < 1.29 is 17.9 Å². The Morgan fingerprint density at radius 2 is 1.68 bits per heavy atom. The van der Waals surface area contributed by atoms with Crippen LogP contribution in [0.5, 0.6) is 0 Å². The van der Waals surface area contributed by atoms with Crippen molar-refractivity contribution in [2.24, 2.45) is 0 Å². The molecular formula is C19H23NO4S. The van der Waals surface area contributed by atoms with Crippen molar-refractivity contribution in [3.63, 3.8) is 0 Å². The zero-order valence-corrected chi connectivity index (χ0v) is 15.8. The number of rotatable bonds is 6. The minimum atomic E-state index is -3.89. The molecule has 0 unspecified atom stereocenters. The molecule has 0 heterocycles. The Bertz CT molecular complexity index is 857. The van der Waals surface area contributed by atoms with E-state index in [0.717, 1.165) is 21.0 Å². The molecule has 5 nitrogen and oxygen atoms in total. The van der Waals surface area contributed by atoms with Crippen LogP contribution in [0.2, 0.25) is 0 Å². The number of nitrogens with zero attached hydrogens (tertiary/aromatic N) is 1. The third-order valence-corrected chi connectivity index (χ3v) is 5.81. The van der Waals surface area contributed by atoms with Crippen LogP contribution in [0.1, 0.15) is 23.6 Å². The molecule has 2 rings (SSSR count). The molecule has 0 aromatic heterocycles. The van der Waals surface area contributed by atoms with Gasteiger partial charge in [0.1, 0.15) is 6.54 Å². The van der Waals surface area contributed by atoms with Gasteiger partial charge in [-0.15, -0.1) is 0 Å². The topological polar surface area (TPSA) is 63.7 Å². The van der Waals surface area contributed by atoms with Gasteiger partial charge in [-0.1, -0.05) is 29.8 Å². The molecule has 2 aromatic carbocycles. The van der Waals surface area contributed by atoms with Crippen LogP contribution in [0.3, 0.4) is 0 Å². The number of benzene rings is 2. The first-order chi connectivity index (χ1) is 11.8. The number of hydrogen-bond acceptors (Lipinski definition) is 4. The molecule has 0 spiro atoms. The molecule has 0 bridgehead atoms.